The molecule has 0 aliphatic carbocycles. The number of amides is 2. The highest BCUT2D eigenvalue weighted by Crippen LogP contribution is 2.31. The molecule has 1 fully saturated rings. The van der Waals surface area contributed by atoms with Gasteiger partial charge in [0.1, 0.15) is 5.75 Å². The van der Waals surface area contributed by atoms with Crippen LogP contribution in [0.25, 0.3) is 5.65 Å². The second kappa shape index (κ2) is 8.60. The number of imidazole rings is 1. The van der Waals surface area contributed by atoms with Crippen molar-refractivity contribution in [3.05, 3.63) is 53.3 Å². The highest BCUT2D eigenvalue weighted by molar-refractivity contribution is 6.32. The Bertz CT molecular complexity index is 1080. The third-order valence-corrected chi connectivity index (χ3v) is 5.10. The number of ether oxygens (including phenoxy) is 1. The first kappa shape index (κ1) is 21.2. The maximum atomic E-state index is 12.6. The Kier molecular flexibility index (Phi) is 5.88. The Morgan fingerprint density at radius 1 is 1.19 bits per heavy atom. The third-order valence-electron chi connectivity index (χ3n) is 4.80. The van der Waals surface area contributed by atoms with E-state index in [1.165, 1.54) is 12.1 Å². The standard InChI is InChI=1S/C19H18ClF3N6O2/c20-14-10-13(3-4-15(14)31-19(21,22)23)12-27-6-8-28(9-7-27)18(30)26-17-11-24-16-2-1-5-25-29(16)17/h1-5,10-11H,6-9,12H2,(H,26,30). The molecular weight excluding hydrogens is 437 g/mol. The number of carbonyl (C=O) groups is 1. The van der Waals surface area contributed by atoms with Crippen molar-refractivity contribution >= 4 is 29.1 Å². The fourth-order valence-corrected chi connectivity index (χ4v) is 3.56. The quantitative estimate of drug-likeness (QED) is 0.651. The van der Waals surface area contributed by atoms with Gasteiger partial charge in [0.2, 0.25) is 0 Å². The zero-order chi connectivity index (χ0) is 22.0. The summed E-state index contributed by atoms with van der Waals surface area (Å²) in [7, 11) is 0. The number of alkyl halides is 3. The number of benzene rings is 1. The van der Waals surface area contributed by atoms with E-state index in [1.807, 2.05) is 0 Å². The number of aromatic nitrogens is 3. The molecule has 1 aliphatic rings. The summed E-state index contributed by atoms with van der Waals surface area (Å²) in [6.45, 7) is 2.71. The number of nitrogens with zero attached hydrogens (tertiary/aromatic N) is 5. The second-order valence-electron chi connectivity index (χ2n) is 6.94. The topological polar surface area (TPSA) is 75.0 Å². The zero-order valence-electron chi connectivity index (χ0n) is 16.1. The number of rotatable bonds is 4. The number of fused-ring (bicyclic) bond motifs is 1. The largest absolute Gasteiger partial charge is 0.573 e. The van der Waals surface area contributed by atoms with Crippen molar-refractivity contribution in [1.29, 1.82) is 0 Å². The van der Waals surface area contributed by atoms with Crippen molar-refractivity contribution < 1.29 is 22.7 Å². The maximum absolute atomic E-state index is 12.6. The van der Waals surface area contributed by atoms with Crippen molar-refractivity contribution in [1.82, 2.24) is 24.4 Å². The molecule has 0 spiro atoms. The highest BCUT2D eigenvalue weighted by Gasteiger charge is 2.32. The number of anilines is 1. The van der Waals surface area contributed by atoms with Gasteiger partial charge >= 0.3 is 12.4 Å². The van der Waals surface area contributed by atoms with Crippen molar-refractivity contribution in [2.45, 2.75) is 12.9 Å². The molecule has 4 rings (SSSR count). The fraction of sp³-hybridized carbons (Fsp3) is 0.316. The molecule has 8 nitrogen and oxygen atoms in total. The summed E-state index contributed by atoms with van der Waals surface area (Å²) in [4.78, 5) is 20.5. The van der Waals surface area contributed by atoms with Crippen LogP contribution in [0.2, 0.25) is 5.02 Å². The molecule has 12 heteroatoms. The number of carbonyl (C=O) groups excluding carboxylic acids is 1. The van der Waals surface area contributed by atoms with Gasteiger partial charge < -0.3 is 9.64 Å². The van der Waals surface area contributed by atoms with Gasteiger partial charge in [0, 0.05) is 38.9 Å². The Morgan fingerprint density at radius 2 is 1.97 bits per heavy atom. The molecule has 0 saturated carbocycles. The Morgan fingerprint density at radius 3 is 2.68 bits per heavy atom. The molecule has 0 atom stereocenters. The van der Waals surface area contributed by atoms with Crippen LogP contribution in [0.1, 0.15) is 5.56 Å². The summed E-state index contributed by atoms with van der Waals surface area (Å²) < 4.78 is 42.5. The number of urea groups is 1. The first-order chi connectivity index (χ1) is 14.8. The van der Waals surface area contributed by atoms with Crippen LogP contribution in [0.3, 0.4) is 0 Å². The molecule has 1 saturated heterocycles. The van der Waals surface area contributed by atoms with E-state index in [9.17, 15) is 18.0 Å². The minimum Gasteiger partial charge on any atom is -0.404 e. The zero-order valence-corrected chi connectivity index (χ0v) is 16.9. The number of hydrogen-bond acceptors (Lipinski definition) is 5. The van der Waals surface area contributed by atoms with Gasteiger partial charge in [0.05, 0.1) is 11.2 Å². The van der Waals surface area contributed by atoms with Crippen LogP contribution in [0, 0.1) is 0 Å². The molecule has 2 amide bonds. The first-order valence-corrected chi connectivity index (χ1v) is 9.77. The second-order valence-corrected chi connectivity index (χ2v) is 7.35. The van der Waals surface area contributed by atoms with E-state index in [2.05, 4.69) is 25.0 Å². The average Bonchev–Trinajstić information content (AvgIpc) is 3.13. The van der Waals surface area contributed by atoms with Crippen LogP contribution in [0.5, 0.6) is 5.75 Å². The highest BCUT2D eigenvalue weighted by atomic mass is 35.5. The molecular formula is C19H18ClF3N6O2. The van der Waals surface area contributed by atoms with E-state index < -0.39 is 12.1 Å². The lowest BCUT2D eigenvalue weighted by Crippen LogP contribution is -2.49. The molecule has 3 aromatic rings. The lowest BCUT2D eigenvalue weighted by molar-refractivity contribution is -0.274. The molecule has 0 radical (unpaired) electrons. The molecule has 1 aliphatic heterocycles. The molecule has 1 aromatic carbocycles. The van der Waals surface area contributed by atoms with E-state index in [1.54, 1.807) is 40.0 Å². The smallest absolute Gasteiger partial charge is 0.404 e. The monoisotopic (exact) mass is 454 g/mol. The van der Waals surface area contributed by atoms with Crippen LogP contribution in [-0.4, -0.2) is 63.0 Å². The van der Waals surface area contributed by atoms with Crippen LogP contribution in [0.15, 0.2) is 42.7 Å². The lowest BCUT2D eigenvalue weighted by Gasteiger charge is -2.34. The molecule has 3 heterocycles. The summed E-state index contributed by atoms with van der Waals surface area (Å²) in [5, 5.41) is 6.87. The Hall–Kier alpha value is -3.05. The van der Waals surface area contributed by atoms with Gasteiger partial charge in [-0.15, -0.1) is 13.2 Å². The van der Waals surface area contributed by atoms with E-state index in [-0.39, 0.29) is 11.1 Å². The Labute approximate surface area is 180 Å². The molecule has 164 valence electrons. The fourth-order valence-electron chi connectivity index (χ4n) is 3.32. The van der Waals surface area contributed by atoms with E-state index in [0.29, 0.717) is 44.2 Å². The van der Waals surface area contributed by atoms with Crippen LogP contribution >= 0.6 is 11.6 Å². The van der Waals surface area contributed by atoms with Gasteiger partial charge in [0.25, 0.3) is 0 Å². The normalized spacial score (nSPS) is 15.3. The predicted molar refractivity (Wildman–Crippen MR) is 107 cm³/mol. The van der Waals surface area contributed by atoms with E-state index in [4.69, 9.17) is 11.6 Å². The van der Waals surface area contributed by atoms with Crippen molar-refractivity contribution in [3.63, 3.8) is 0 Å². The SMILES string of the molecule is O=C(Nc1cnc2cccnn12)N1CCN(Cc2ccc(OC(F)(F)F)c(Cl)c2)CC1. The Balaban J connectivity index is 1.30. The number of halogens is 4. The molecule has 0 unspecified atom stereocenters. The molecule has 31 heavy (non-hydrogen) atoms. The van der Waals surface area contributed by atoms with Crippen molar-refractivity contribution in [2.75, 3.05) is 31.5 Å². The number of piperazine rings is 1. The van der Waals surface area contributed by atoms with Gasteiger partial charge in [-0.05, 0) is 29.8 Å². The van der Waals surface area contributed by atoms with Gasteiger partial charge in [0.15, 0.2) is 11.5 Å². The average molecular weight is 455 g/mol. The minimum atomic E-state index is -4.79. The summed E-state index contributed by atoms with van der Waals surface area (Å²) >= 11 is 5.91. The van der Waals surface area contributed by atoms with Crippen LogP contribution < -0.4 is 10.1 Å². The molecule has 2 aromatic heterocycles. The summed E-state index contributed by atoms with van der Waals surface area (Å²) in [6, 6.07) is 7.51. The third kappa shape index (κ3) is 5.17. The van der Waals surface area contributed by atoms with E-state index >= 15 is 0 Å². The summed E-state index contributed by atoms with van der Waals surface area (Å²) in [5.74, 6) is 0.0557. The van der Waals surface area contributed by atoms with Gasteiger partial charge in [-0.3, -0.25) is 10.2 Å². The predicted octanol–water partition coefficient (Wildman–Crippen LogP) is 3.63. The number of nitrogens with one attached hydrogen (secondary N) is 1. The maximum Gasteiger partial charge on any atom is 0.573 e. The molecule has 0 bridgehead atoms. The minimum absolute atomic E-state index is 0.102. The summed E-state index contributed by atoms with van der Waals surface area (Å²) in [5.41, 5.74) is 1.39. The van der Waals surface area contributed by atoms with Gasteiger partial charge in [-0.2, -0.15) is 9.61 Å². The number of hydrogen-bond donors (Lipinski definition) is 1. The lowest BCUT2D eigenvalue weighted by atomic mass is 10.2. The van der Waals surface area contributed by atoms with Gasteiger partial charge in [-0.1, -0.05) is 17.7 Å². The van der Waals surface area contributed by atoms with Crippen molar-refractivity contribution in [2.24, 2.45) is 0 Å². The van der Waals surface area contributed by atoms with Crippen molar-refractivity contribution in [3.8, 4) is 5.75 Å². The van der Waals surface area contributed by atoms with E-state index in [0.717, 1.165) is 5.56 Å². The first-order valence-electron chi connectivity index (χ1n) is 9.40. The van der Waals surface area contributed by atoms with Crippen LogP contribution in [-0.2, 0) is 6.54 Å². The summed E-state index contributed by atoms with van der Waals surface area (Å²) in [6.07, 6.45) is -1.63. The molecule has 1 N–H and O–H groups in total. The van der Waals surface area contributed by atoms with Crippen LogP contribution in [0.4, 0.5) is 23.8 Å². The van der Waals surface area contributed by atoms with Gasteiger partial charge in [-0.25, -0.2) is 9.78 Å².